The molecule has 0 heterocycles. The maximum Gasteiger partial charge on any atom is 0.153 e. The second-order valence-electron chi connectivity index (χ2n) is 6.55. The van der Waals surface area contributed by atoms with Gasteiger partial charge in [-0.25, -0.2) is 0 Å². The van der Waals surface area contributed by atoms with Crippen molar-refractivity contribution in [2.75, 3.05) is 14.1 Å². The van der Waals surface area contributed by atoms with Crippen LogP contribution in [0, 0.1) is 5.92 Å². The highest BCUT2D eigenvalue weighted by atomic mass is 16.1. The number of carbonyl (C=O) groups is 1. The number of rotatable bonds is 6. The summed E-state index contributed by atoms with van der Waals surface area (Å²) in [6.07, 6.45) is 10.2. The quantitative estimate of drug-likeness (QED) is 0.666. The van der Waals surface area contributed by atoms with Crippen LogP contribution in [0.15, 0.2) is 0 Å². The number of Topliss-reactive ketones (excluding diaryl/α,β-unsaturated/α-hetero) is 1. The zero-order chi connectivity index (χ0) is 13.6. The molecule has 1 aliphatic carbocycles. The minimum absolute atomic E-state index is 0.145. The van der Waals surface area contributed by atoms with Gasteiger partial charge in [0.1, 0.15) is 0 Å². The lowest BCUT2D eigenvalue weighted by Gasteiger charge is -2.38. The van der Waals surface area contributed by atoms with Gasteiger partial charge >= 0.3 is 0 Å². The average molecular weight is 253 g/mol. The molecule has 1 fully saturated rings. The van der Waals surface area contributed by atoms with Crippen LogP contribution in [0.4, 0.5) is 0 Å². The van der Waals surface area contributed by atoms with E-state index < -0.39 is 0 Å². The Labute approximate surface area is 113 Å². The number of nitrogens with zero attached hydrogens (tertiary/aromatic N) is 1. The molecule has 0 unspecified atom stereocenters. The van der Waals surface area contributed by atoms with Gasteiger partial charge in [0.25, 0.3) is 0 Å². The zero-order valence-electron chi connectivity index (χ0n) is 12.8. The third-order valence-electron chi connectivity index (χ3n) is 4.49. The third-order valence-corrected chi connectivity index (χ3v) is 4.49. The van der Waals surface area contributed by atoms with Gasteiger partial charge in [-0.2, -0.15) is 0 Å². The van der Waals surface area contributed by atoms with Crippen LogP contribution in [-0.4, -0.2) is 30.3 Å². The van der Waals surface area contributed by atoms with Crippen molar-refractivity contribution in [2.45, 2.75) is 77.2 Å². The van der Waals surface area contributed by atoms with Gasteiger partial charge in [0, 0.05) is 6.42 Å². The molecule has 18 heavy (non-hydrogen) atoms. The molecule has 1 rings (SSSR count). The second-order valence-corrected chi connectivity index (χ2v) is 6.55. The van der Waals surface area contributed by atoms with Crippen LogP contribution in [0.2, 0.25) is 0 Å². The van der Waals surface area contributed by atoms with Crippen molar-refractivity contribution >= 4 is 5.78 Å². The van der Waals surface area contributed by atoms with Crippen LogP contribution in [0.5, 0.6) is 0 Å². The molecule has 0 aromatic carbocycles. The number of carbonyl (C=O) groups excluding carboxylic acids is 1. The van der Waals surface area contributed by atoms with Gasteiger partial charge < -0.3 is 0 Å². The van der Waals surface area contributed by atoms with E-state index in [0.29, 0.717) is 11.7 Å². The smallest absolute Gasteiger partial charge is 0.153 e. The van der Waals surface area contributed by atoms with Crippen LogP contribution in [-0.2, 0) is 4.79 Å². The average Bonchev–Trinajstić information content (AvgIpc) is 2.54. The predicted molar refractivity (Wildman–Crippen MR) is 77.8 cm³/mol. The first kappa shape index (κ1) is 15.7. The molecular weight excluding hydrogens is 222 g/mol. The summed E-state index contributed by atoms with van der Waals surface area (Å²) in [4.78, 5) is 14.9. The summed E-state index contributed by atoms with van der Waals surface area (Å²) in [6, 6.07) is 0. The molecule has 0 aromatic rings. The first-order valence-electron chi connectivity index (χ1n) is 7.70. The molecular formula is C16H31NO. The fraction of sp³-hybridized carbons (Fsp3) is 0.938. The van der Waals surface area contributed by atoms with Crippen molar-refractivity contribution in [3.8, 4) is 0 Å². The van der Waals surface area contributed by atoms with Crippen molar-refractivity contribution in [3.05, 3.63) is 0 Å². The molecule has 106 valence electrons. The summed E-state index contributed by atoms with van der Waals surface area (Å²) in [6.45, 7) is 4.47. The maximum atomic E-state index is 12.7. The Kier molecular flexibility index (Phi) is 6.34. The van der Waals surface area contributed by atoms with E-state index in [2.05, 4.69) is 32.8 Å². The lowest BCUT2D eigenvalue weighted by Crippen LogP contribution is -2.50. The highest BCUT2D eigenvalue weighted by molar-refractivity contribution is 5.88. The van der Waals surface area contributed by atoms with Crippen molar-refractivity contribution in [2.24, 2.45) is 5.92 Å². The van der Waals surface area contributed by atoms with E-state index in [9.17, 15) is 4.79 Å². The second kappa shape index (κ2) is 7.28. The first-order chi connectivity index (χ1) is 8.49. The van der Waals surface area contributed by atoms with E-state index in [1.54, 1.807) is 0 Å². The van der Waals surface area contributed by atoms with Crippen LogP contribution in [0.3, 0.4) is 0 Å². The summed E-state index contributed by atoms with van der Waals surface area (Å²) >= 11 is 0. The molecule has 1 saturated carbocycles. The minimum Gasteiger partial charge on any atom is -0.298 e. The maximum absolute atomic E-state index is 12.7. The molecule has 0 N–H and O–H groups in total. The zero-order valence-corrected chi connectivity index (χ0v) is 12.8. The van der Waals surface area contributed by atoms with Gasteiger partial charge in [0.05, 0.1) is 5.54 Å². The van der Waals surface area contributed by atoms with Gasteiger partial charge in [-0.3, -0.25) is 9.69 Å². The number of hydrogen-bond donors (Lipinski definition) is 0. The van der Waals surface area contributed by atoms with Crippen molar-refractivity contribution < 1.29 is 4.79 Å². The largest absolute Gasteiger partial charge is 0.298 e. The Morgan fingerprint density at radius 3 is 2.11 bits per heavy atom. The van der Waals surface area contributed by atoms with Crippen LogP contribution >= 0.6 is 0 Å². The van der Waals surface area contributed by atoms with Crippen LogP contribution < -0.4 is 0 Å². The van der Waals surface area contributed by atoms with Crippen molar-refractivity contribution in [1.29, 1.82) is 0 Å². The molecule has 1 aliphatic rings. The van der Waals surface area contributed by atoms with E-state index in [1.165, 1.54) is 32.1 Å². The van der Waals surface area contributed by atoms with Crippen LogP contribution in [0.25, 0.3) is 0 Å². The van der Waals surface area contributed by atoms with E-state index in [1.807, 2.05) is 0 Å². The summed E-state index contributed by atoms with van der Waals surface area (Å²) in [7, 11) is 4.18. The number of likely N-dealkylation sites (N-methyl/N-ethyl adjacent to an activating group) is 1. The van der Waals surface area contributed by atoms with Crippen LogP contribution in [0.1, 0.15) is 71.6 Å². The Morgan fingerprint density at radius 1 is 1.11 bits per heavy atom. The minimum atomic E-state index is -0.145. The van der Waals surface area contributed by atoms with Crippen molar-refractivity contribution in [3.63, 3.8) is 0 Å². The summed E-state index contributed by atoms with van der Waals surface area (Å²) in [5.74, 6) is 1.21. The topological polar surface area (TPSA) is 20.3 Å². The molecule has 0 aliphatic heterocycles. The van der Waals surface area contributed by atoms with Gasteiger partial charge in [-0.1, -0.05) is 46.0 Å². The Balaban J connectivity index is 2.62. The van der Waals surface area contributed by atoms with E-state index in [4.69, 9.17) is 0 Å². The molecule has 0 amide bonds. The third kappa shape index (κ3) is 4.08. The SMILES string of the molecule is CC(C)CCCC(=O)C1(N(C)C)CCCCCC1. The lowest BCUT2D eigenvalue weighted by atomic mass is 9.82. The normalized spacial score (nSPS) is 20.1. The summed E-state index contributed by atoms with van der Waals surface area (Å²) < 4.78 is 0. The predicted octanol–water partition coefficient (Wildman–Crippen LogP) is 4.04. The monoisotopic (exact) mass is 253 g/mol. The highest BCUT2D eigenvalue weighted by Gasteiger charge is 2.39. The van der Waals surface area contributed by atoms with E-state index in [0.717, 1.165) is 25.7 Å². The first-order valence-corrected chi connectivity index (χ1v) is 7.70. The molecule has 0 aromatic heterocycles. The van der Waals surface area contributed by atoms with E-state index >= 15 is 0 Å². The number of hydrogen-bond acceptors (Lipinski definition) is 2. The fourth-order valence-corrected chi connectivity index (χ4v) is 3.19. The number of ketones is 1. The molecule has 2 nitrogen and oxygen atoms in total. The Bertz CT molecular complexity index is 250. The van der Waals surface area contributed by atoms with E-state index in [-0.39, 0.29) is 5.54 Å². The van der Waals surface area contributed by atoms with Gasteiger partial charge in [0.2, 0.25) is 0 Å². The lowest BCUT2D eigenvalue weighted by molar-refractivity contribution is -0.130. The molecule has 0 atom stereocenters. The summed E-state index contributed by atoms with van der Waals surface area (Å²) in [5.41, 5.74) is -0.145. The van der Waals surface area contributed by atoms with Gasteiger partial charge in [-0.05, 0) is 39.3 Å². The molecule has 0 bridgehead atoms. The summed E-state index contributed by atoms with van der Waals surface area (Å²) in [5, 5.41) is 0. The van der Waals surface area contributed by atoms with Gasteiger partial charge in [0.15, 0.2) is 5.78 Å². The van der Waals surface area contributed by atoms with Crippen molar-refractivity contribution in [1.82, 2.24) is 4.90 Å². The molecule has 0 spiro atoms. The molecule has 0 radical (unpaired) electrons. The standard InChI is InChI=1S/C16H31NO/c1-14(2)10-9-11-15(18)16(17(3)4)12-7-5-6-8-13-16/h14H,5-13H2,1-4H3. The van der Waals surface area contributed by atoms with Gasteiger partial charge in [-0.15, -0.1) is 0 Å². The Hall–Kier alpha value is -0.370. The fourth-order valence-electron chi connectivity index (χ4n) is 3.19. The molecule has 2 heteroatoms. The Morgan fingerprint density at radius 2 is 1.67 bits per heavy atom. The highest BCUT2D eigenvalue weighted by Crippen LogP contribution is 2.33. The molecule has 0 saturated heterocycles.